The van der Waals surface area contributed by atoms with Crippen molar-refractivity contribution in [2.24, 2.45) is 0 Å². The van der Waals surface area contributed by atoms with Crippen LogP contribution in [0.1, 0.15) is 49.1 Å². The van der Waals surface area contributed by atoms with Crippen LogP contribution in [0.5, 0.6) is 5.75 Å². The van der Waals surface area contributed by atoms with Crippen molar-refractivity contribution in [2.45, 2.75) is 50.5 Å². The first-order chi connectivity index (χ1) is 7.66. The van der Waals surface area contributed by atoms with E-state index in [0.717, 1.165) is 5.75 Å². The molecule has 0 aliphatic heterocycles. The van der Waals surface area contributed by atoms with Crippen molar-refractivity contribution >= 4 is 15.9 Å². The Bertz CT molecular complexity index is 360. The van der Waals surface area contributed by atoms with Crippen LogP contribution in [0.4, 0.5) is 0 Å². The first-order valence-corrected chi connectivity index (χ1v) is 7.02. The van der Waals surface area contributed by atoms with Crippen LogP contribution in [-0.2, 0) is 6.42 Å². The number of rotatable bonds is 2. The largest absolute Gasteiger partial charge is 0.491 e. The third-order valence-corrected chi connectivity index (χ3v) is 3.93. The van der Waals surface area contributed by atoms with Crippen LogP contribution in [0.2, 0.25) is 0 Å². The fourth-order valence-electron chi connectivity index (χ4n) is 2.23. The molecule has 0 heterocycles. The van der Waals surface area contributed by atoms with Gasteiger partial charge in [-0.3, -0.25) is 0 Å². The van der Waals surface area contributed by atoms with Gasteiger partial charge < -0.3 is 4.74 Å². The Morgan fingerprint density at radius 1 is 1.31 bits per heavy atom. The summed E-state index contributed by atoms with van der Waals surface area (Å²) >= 11 is 3.78. The van der Waals surface area contributed by atoms with E-state index in [0.29, 0.717) is 4.83 Å². The molecule has 1 aromatic rings. The summed E-state index contributed by atoms with van der Waals surface area (Å²) in [5.41, 5.74) is 2.91. The summed E-state index contributed by atoms with van der Waals surface area (Å²) in [5.74, 6) is 1.00. The molecule has 1 atom stereocenters. The van der Waals surface area contributed by atoms with Gasteiger partial charge in [0.05, 0.1) is 6.10 Å². The Morgan fingerprint density at radius 2 is 2.12 bits per heavy atom. The molecule has 0 aromatic heterocycles. The predicted octanol–water partition coefficient (Wildman–Crippen LogP) is 4.64. The van der Waals surface area contributed by atoms with E-state index < -0.39 is 0 Å². The highest BCUT2D eigenvalue weighted by Gasteiger charge is 2.16. The highest BCUT2D eigenvalue weighted by Crippen LogP contribution is 2.36. The van der Waals surface area contributed by atoms with Crippen LogP contribution in [0.25, 0.3) is 0 Å². The van der Waals surface area contributed by atoms with Gasteiger partial charge >= 0.3 is 0 Å². The minimum absolute atomic E-state index is 0.248. The normalized spacial score (nSPS) is 20.4. The number of hydrogen-bond acceptors (Lipinski definition) is 1. The predicted molar refractivity (Wildman–Crippen MR) is 71.4 cm³/mol. The fourth-order valence-corrected chi connectivity index (χ4v) is 2.98. The Labute approximate surface area is 106 Å². The van der Waals surface area contributed by atoms with Gasteiger partial charge in [-0.25, -0.2) is 0 Å². The molecule has 0 N–H and O–H groups in total. The van der Waals surface area contributed by atoms with Gasteiger partial charge in [0.15, 0.2) is 0 Å². The first-order valence-electron chi connectivity index (χ1n) is 6.10. The van der Waals surface area contributed by atoms with E-state index in [1.54, 1.807) is 0 Å². The lowest BCUT2D eigenvalue weighted by Gasteiger charge is -2.15. The summed E-state index contributed by atoms with van der Waals surface area (Å²) in [7, 11) is 0. The minimum Gasteiger partial charge on any atom is -0.491 e. The van der Waals surface area contributed by atoms with Crippen LogP contribution in [0.3, 0.4) is 0 Å². The smallest absolute Gasteiger partial charge is 0.120 e. The molecule has 88 valence electrons. The Balaban J connectivity index is 2.28. The summed E-state index contributed by atoms with van der Waals surface area (Å²) in [6.07, 6.45) is 5.31. The summed E-state index contributed by atoms with van der Waals surface area (Å²) in [6.45, 7) is 4.13. The van der Waals surface area contributed by atoms with Crippen molar-refractivity contribution in [1.82, 2.24) is 0 Å². The number of hydrogen-bond donors (Lipinski definition) is 0. The van der Waals surface area contributed by atoms with E-state index in [-0.39, 0.29) is 6.10 Å². The molecular weight excluding hydrogens is 264 g/mol. The second kappa shape index (κ2) is 5.22. The molecule has 2 rings (SSSR count). The second-order valence-electron chi connectivity index (χ2n) is 4.74. The zero-order chi connectivity index (χ0) is 11.5. The number of alkyl halides is 1. The molecular formula is C14H19BrO. The minimum atomic E-state index is 0.248. The highest BCUT2D eigenvalue weighted by molar-refractivity contribution is 9.09. The topological polar surface area (TPSA) is 9.23 Å². The van der Waals surface area contributed by atoms with Gasteiger partial charge in [-0.2, -0.15) is 0 Å². The lowest BCUT2D eigenvalue weighted by atomic mass is 10.0. The molecule has 1 unspecified atom stereocenters. The van der Waals surface area contributed by atoms with Gasteiger partial charge in [-0.1, -0.05) is 28.4 Å². The average Bonchev–Trinajstić information content (AvgIpc) is 2.41. The van der Waals surface area contributed by atoms with Gasteiger partial charge in [0.1, 0.15) is 5.75 Å². The van der Waals surface area contributed by atoms with Gasteiger partial charge in [-0.05, 0) is 56.4 Å². The molecule has 0 spiro atoms. The second-order valence-corrected chi connectivity index (χ2v) is 5.85. The number of aryl methyl sites for hydroxylation is 1. The van der Waals surface area contributed by atoms with E-state index in [9.17, 15) is 0 Å². The summed E-state index contributed by atoms with van der Waals surface area (Å²) in [4.78, 5) is 0.501. The summed E-state index contributed by atoms with van der Waals surface area (Å²) in [6, 6.07) is 6.54. The number of fused-ring (bicyclic) bond motifs is 1. The van der Waals surface area contributed by atoms with Crippen LogP contribution >= 0.6 is 15.9 Å². The standard InChI is InChI=1S/C14H19BrO/c1-10(2)16-12-8-7-11-5-3-4-6-14(15)13(11)9-12/h7-10,14H,3-6H2,1-2H3. The van der Waals surface area contributed by atoms with Gasteiger partial charge in [0.25, 0.3) is 0 Å². The van der Waals surface area contributed by atoms with Crippen molar-refractivity contribution in [3.8, 4) is 5.75 Å². The zero-order valence-electron chi connectivity index (χ0n) is 10.0. The van der Waals surface area contributed by atoms with Crippen LogP contribution in [-0.4, -0.2) is 6.10 Å². The molecule has 1 aliphatic rings. The number of ether oxygens (including phenoxy) is 1. The molecule has 0 saturated heterocycles. The number of halogens is 1. The molecule has 1 aliphatic carbocycles. The molecule has 0 radical (unpaired) electrons. The highest BCUT2D eigenvalue weighted by atomic mass is 79.9. The fraction of sp³-hybridized carbons (Fsp3) is 0.571. The lowest BCUT2D eigenvalue weighted by molar-refractivity contribution is 0.242. The maximum absolute atomic E-state index is 5.75. The van der Waals surface area contributed by atoms with Crippen molar-refractivity contribution < 1.29 is 4.74 Å². The van der Waals surface area contributed by atoms with E-state index in [2.05, 4.69) is 48.0 Å². The molecule has 0 saturated carbocycles. The molecule has 1 aromatic carbocycles. The van der Waals surface area contributed by atoms with Gasteiger partial charge in [0.2, 0.25) is 0 Å². The van der Waals surface area contributed by atoms with E-state index in [1.165, 1.54) is 36.8 Å². The zero-order valence-corrected chi connectivity index (χ0v) is 11.6. The monoisotopic (exact) mass is 282 g/mol. The molecule has 1 nitrogen and oxygen atoms in total. The van der Waals surface area contributed by atoms with Crippen LogP contribution in [0, 0.1) is 0 Å². The van der Waals surface area contributed by atoms with Crippen molar-refractivity contribution in [3.63, 3.8) is 0 Å². The molecule has 0 bridgehead atoms. The molecule has 2 heteroatoms. The van der Waals surface area contributed by atoms with Gasteiger partial charge in [0, 0.05) is 4.83 Å². The van der Waals surface area contributed by atoms with Crippen molar-refractivity contribution in [3.05, 3.63) is 29.3 Å². The Hall–Kier alpha value is -0.500. The average molecular weight is 283 g/mol. The summed E-state index contributed by atoms with van der Waals surface area (Å²) in [5, 5.41) is 0. The molecule has 0 amide bonds. The van der Waals surface area contributed by atoms with E-state index in [1.807, 2.05) is 0 Å². The SMILES string of the molecule is CC(C)Oc1ccc2c(c1)C(Br)CCCC2. The maximum atomic E-state index is 5.75. The van der Waals surface area contributed by atoms with E-state index in [4.69, 9.17) is 4.74 Å². The van der Waals surface area contributed by atoms with Crippen LogP contribution in [0.15, 0.2) is 18.2 Å². The third kappa shape index (κ3) is 2.79. The quantitative estimate of drug-likeness (QED) is 0.567. The van der Waals surface area contributed by atoms with Crippen molar-refractivity contribution in [1.29, 1.82) is 0 Å². The third-order valence-electron chi connectivity index (χ3n) is 2.98. The van der Waals surface area contributed by atoms with Crippen molar-refractivity contribution in [2.75, 3.05) is 0 Å². The molecule has 16 heavy (non-hydrogen) atoms. The Morgan fingerprint density at radius 3 is 2.88 bits per heavy atom. The summed E-state index contributed by atoms with van der Waals surface area (Å²) < 4.78 is 5.75. The van der Waals surface area contributed by atoms with Crippen LogP contribution < -0.4 is 4.74 Å². The number of benzene rings is 1. The first kappa shape index (κ1) is 12.0. The maximum Gasteiger partial charge on any atom is 0.120 e. The molecule has 0 fully saturated rings. The Kier molecular flexibility index (Phi) is 3.91. The lowest BCUT2D eigenvalue weighted by Crippen LogP contribution is -2.06. The van der Waals surface area contributed by atoms with E-state index >= 15 is 0 Å². The van der Waals surface area contributed by atoms with Gasteiger partial charge in [-0.15, -0.1) is 0 Å².